The number of nitrogens with zero attached hydrogens (tertiary/aromatic N) is 11. The van der Waals surface area contributed by atoms with Crippen molar-refractivity contribution in [3.05, 3.63) is 140 Å². The van der Waals surface area contributed by atoms with Crippen molar-refractivity contribution in [1.29, 1.82) is 0 Å². The van der Waals surface area contributed by atoms with Gasteiger partial charge in [-0.1, -0.05) is 46.4 Å². The van der Waals surface area contributed by atoms with Crippen LogP contribution >= 0.6 is 0 Å². The Bertz CT molecular complexity index is 3960. The largest absolute Gasteiger partial charge is 0.507 e. The summed E-state index contributed by atoms with van der Waals surface area (Å²) >= 11 is 0. The van der Waals surface area contributed by atoms with Crippen molar-refractivity contribution in [2.45, 2.75) is 84.7 Å². The number of aryl methyl sites for hydroxylation is 2. The molecule has 8 aromatic rings. The Morgan fingerprint density at radius 1 is 0.662 bits per heavy atom. The van der Waals surface area contributed by atoms with Gasteiger partial charge >= 0.3 is 11.4 Å². The lowest BCUT2D eigenvalue weighted by Crippen LogP contribution is -2.56. The zero-order valence-corrected chi connectivity index (χ0v) is 44.6. The number of fused-ring (bicyclic) bond motifs is 4. The third-order valence-corrected chi connectivity index (χ3v) is 15.1. The van der Waals surface area contributed by atoms with Crippen LogP contribution < -0.4 is 30.7 Å². The van der Waals surface area contributed by atoms with E-state index in [1.807, 2.05) is 51.3 Å². The van der Waals surface area contributed by atoms with E-state index in [0.717, 1.165) is 37.0 Å². The van der Waals surface area contributed by atoms with Gasteiger partial charge in [-0.25, -0.2) is 46.3 Å². The monoisotopic (exact) mass is 1090 g/mol. The normalized spacial score (nSPS) is 16.6. The number of halogens is 4. The lowest BCUT2D eigenvalue weighted by atomic mass is 10.0. The summed E-state index contributed by atoms with van der Waals surface area (Å²) in [7, 11) is 0. The summed E-state index contributed by atoms with van der Waals surface area (Å²) in [5.41, 5.74) is 0.474. The molecular weight excluding hydrogens is 1040 g/mol. The molecule has 12 rings (SSSR count). The number of hydrogen-bond acceptors (Lipinski definition) is 15. The summed E-state index contributed by atoms with van der Waals surface area (Å²) < 4.78 is 77.4. The molecule has 412 valence electrons. The number of phenolic OH excluding ortho intramolecular Hbond substituents is 2. The standard InChI is InChI=1S/C30H28F2N6O4.C28H27F2N5O3/c1-5-20(40)36-11-12-37-17(13-36)14-42-27-22-28(37)35-30(41)38(26-16(4)9-10-33-24(26)15(2)3)29(22)34-25(23(27)32)21-18(31)7-6-8-19(21)39;1-14(2)22-24(15(3)10-11-31-22)35-27-20-25(21(30)23(32-27)19-17(29)8-6-9-18(19)36)38-13-16-7-4-5-12-34(16)26(20)33-28(35)37/h5-10,15,17,39H,1,11-14H2,2-4H3;6,8-11,14,16,36H,4-5,7,12-13H2,1-3H3/t17-;16-/m11/s1. The van der Waals surface area contributed by atoms with Crippen molar-refractivity contribution in [1.82, 2.24) is 43.9 Å². The van der Waals surface area contributed by atoms with Crippen LogP contribution in [0.15, 0.2) is 83.2 Å². The summed E-state index contributed by atoms with van der Waals surface area (Å²) in [6.07, 6.45) is 7.20. The molecule has 2 aromatic carbocycles. The Morgan fingerprint density at radius 3 is 1.60 bits per heavy atom. The van der Waals surface area contributed by atoms with E-state index >= 15 is 13.2 Å². The number of piperazine rings is 1. The fourth-order valence-corrected chi connectivity index (χ4v) is 11.3. The highest BCUT2D eigenvalue weighted by Gasteiger charge is 2.40. The van der Waals surface area contributed by atoms with Crippen molar-refractivity contribution < 1.29 is 42.0 Å². The lowest BCUT2D eigenvalue weighted by Gasteiger charge is -2.40. The first-order valence-corrected chi connectivity index (χ1v) is 26.3. The Labute approximate surface area is 455 Å². The van der Waals surface area contributed by atoms with Crippen LogP contribution in [-0.4, -0.2) is 112 Å². The molecule has 4 aliphatic heterocycles. The van der Waals surface area contributed by atoms with Crippen LogP contribution in [0.4, 0.5) is 29.2 Å². The molecule has 2 atom stereocenters. The van der Waals surface area contributed by atoms with Gasteiger partial charge in [0.25, 0.3) is 0 Å². The van der Waals surface area contributed by atoms with Crippen LogP contribution in [0.1, 0.15) is 81.3 Å². The number of carbonyl (C=O) groups excluding carboxylic acids is 1. The Balaban J connectivity index is 0.000000170. The van der Waals surface area contributed by atoms with E-state index in [2.05, 4.69) is 36.5 Å². The van der Waals surface area contributed by atoms with Gasteiger partial charge in [0, 0.05) is 38.6 Å². The molecular formula is C58H55F4N11O7. The molecule has 0 spiro atoms. The molecule has 0 bridgehead atoms. The minimum Gasteiger partial charge on any atom is -0.507 e. The average molecular weight is 1090 g/mol. The van der Waals surface area contributed by atoms with Gasteiger partial charge in [0.2, 0.25) is 5.91 Å². The van der Waals surface area contributed by atoms with Crippen LogP contribution in [0.5, 0.6) is 23.0 Å². The van der Waals surface area contributed by atoms with Gasteiger partial charge in [0.15, 0.2) is 34.4 Å². The summed E-state index contributed by atoms with van der Waals surface area (Å²) in [5, 5.41) is 21.4. The Hall–Kier alpha value is -8.95. The maximum Gasteiger partial charge on any atom is 0.355 e. The Kier molecular flexibility index (Phi) is 13.7. The third-order valence-electron chi connectivity index (χ3n) is 15.1. The maximum atomic E-state index is 16.4. The summed E-state index contributed by atoms with van der Waals surface area (Å²) in [5.74, 6) is -5.09. The highest BCUT2D eigenvalue weighted by molar-refractivity contribution is 5.98. The molecule has 2 saturated heterocycles. The number of phenols is 2. The van der Waals surface area contributed by atoms with Gasteiger partial charge in [-0.2, -0.15) is 9.97 Å². The van der Waals surface area contributed by atoms with Gasteiger partial charge in [0.1, 0.15) is 70.1 Å². The number of benzene rings is 2. The van der Waals surface area contributed by atoms with E-state index in [-0.39, 0.29) is 82.9 Å². The molecule has 0 unspecified atom stereocenters. The summed E-state index contributed by atoms with van der Waals surface area (Å²) in [6, 6.07) is 10.2. The summed E-state index contributed by atoms with van der Waals surface area (Å²) in [6.45, 7) is 16.6. The van der Waals surface area contributed by atoms with E-state index in [0.29, 0.717) is 53.8 Å². The number of rotatable bonds is 7. The molecule has 6 aromatic heterocycles. The number of amides is 1. The summed E-state index contributed by atoms with van der Waals surface area (Å²) in [4.78, 5) is 72.6. The van der Waals surface area contributed by atoms with Gasteiger partial charge in [-0.3, -0.25) is 14.8 Å². The molecule has 4 aliphatic rings. The zero-order valence-electron chi connectivity index (χ0n) is 44.6. The SMILES string of the molecule is C=CC(=O)N1CCN2c3nc(=O)n(-c4c(C)ccnc4C(C)C)c4nc(-c5c(O)cccc5F)c(F)c(c34)OC[C@H]2C1.Cc1ccnc(C(C)C)c1-n1c(=O)nc2c3c(c(F)c(-c4c(O)cccc4F)nc31)OC[C@H]1CCCCN21. The third kappa shape index (κ3) is 8.76. The number of hydrogen-bond donors (Lipinski definition) is 2. The number of aromatic nitrogens is 8. The average Bonchev–Trinajstić information content (AvgIpc) is 3.85. The molecule has 0 aliphatic carbocycles. The minimum absolute atomic E-state index is 0.0256. The van der Waals surface area contributed by atoms with E-state index < -0.39 is 74.7 Å². The minimum atomic E-state index is -1.01. The molecule has 10 heterocycles. The quantitative estimate of drug-likeness (QED) is 0.113. The first-order chi connectivity index (χ1) is 38.4. The molecule has 80 heavy (non-hydrogen) atoms. The second-order valence-corrected chi connectivity index (χ2v) is 20.8. The smallest absolute Gasteiger partial charge is 0.355 e. The zero-order chi connectivity index (χ0) is 56.6. The number of piperidine rings is 1. The van der Waals surface area contributed by atoms with Crippen molar-refractivity contribution in [3.8, 4) is 56.9 Å². The fourth-order valence-electron chi connectivity index (χ4n) is 11.3. The second kappa shape index (κ2) is 20.7. The van der Waals surface area contributed by atoms with E-state index in [1.54, 1.807) is 29.4 Å². The molecule has 2 N–H and O–H groups in total. The number of aromatic hydroxyl groups is 2. The number of ether oxygens (including phenoxy) is 2. The highest BCUT2D eigenvalue weighted by Crippen LogP contribution is 2.47. The van der Waals surface area contributed by atoms with Crippen LogP contribution in [0, 0.1) is 37.1 Å². The van der Waals surface area contributed by atoms with Gasteiger partial charge < -0.3 is 34.4 Å². The van der Waals surface area contributed by atoms with E-state index in [4.69, 9.17) is 9.47 Å². The van der Waals surface area contributed by atoms with E-state index in [9.17, 15) is 29.0 Å². The van der Waals surface area contributed by atoms with Gasteiger partial charge in [0.05, 0.1) is 46.0 Å². The van der Waals surface area contributed by atoms with Crippen molar-refractivity contribution >= 4 is 39.6 Å². The first kappa shape index (κ1) is 53.1. The van der Waals surface area contributed by atoms with Crippen LogP contribution in [-0.2, 0) is 4.79 Å². The molecule has 0 radical (unpaired) electrons. The number of pyridine rings is 4. The topological polar surface area (TPSA) is 207 Å². The molecule has 0 saturated carbocycles. The van der Waals surface area contributed by atoms with E-state index in [1.165, 1.54) is 39.5 Å². The van der Waals surface area contributed by atoms with Crippen LogP contribution in [0.2, 0.25) is 0 Å². The van der Waals surface area contributed by atoms with Crippen molar-refractivity contribution in [2.75, 3.05) is 49.2 Å². The Morgan fingerprint density at radius 2 is 1.14 bits per heavy atom. The number of anilines is 2. The van der Waals surface area contributed by atoms with Crippen LogP contribution in [0.3, 0.4) is 0 Å². The van der Waals surface area contributed by atoms with Gasteiger partial charge in [-0.15, -0.1) is 0 Å². The lowest BCUT2D eigenvalue weighted by molar-refractivity contribution is -0.126. The molecule has 1 amide bonds. The number of carbonyl (C=O) groups is 1. The highest BCUT2D eigenvalue weighted by atomic mass is 19.1. The second-order valence-electron chi connectivity index (χ2n) is 20.8. The van der Waals surface area contributed by atoms with Gasteiger partial charge in [-0.05, 0) is 98.5 Å². The predicted molar refractivity (Wildman–Crippen MR) is 291 cm³/mol. The van der Waals surface area contributed by atoms with Crippen molar-refractivity contribution in [2.24, 2.45) is 0 Å². The first-order valence-electron chi connectivity index (χ1n) is 26.3. The van der Waals surface area contributed by atoms with Crippen molar-refractivity contribution in [3.63, 3.8) is 0 Å². The molecule has 22 heteroatoms. The fraction of sp³-hybridized carbons (Fsp3) is 0.328. The van der Waals surface area contributed by atoms with Crippen LogP contribution in [0.25, 0.3) is 56.0 Å². The molecule has 2 fully saturated rings. The molecule has 18 nitrogen and oxygen atoms in total. The maximum absolute atomic E-state index is 16.4. The predicted octanol–water partition coefficient (Wildman–Crippen LogP) is 8.86.